The standard InChI is InChI=1S/C14H16ClN3O3S/c1-9-12(15)4-3-5-13(9)22(19,20)18-7-6-11(8-18)14-16-10(2)17-21-14/h3-5,11H,6-8H2,1-2H3/t11-/m0/s1. The number of rotatable bonds is 3. The highest BCUT2D eigenvalue weighted by atomic mass is 35.5. The molecule has 1 aromatic heterocycles. The van der Waals surface area contributed by atoms with Gasteiger partial charge in [0.1, 0.15) is 0 Å². The van der Waals surface area contributed by atoms with Gasteiger partial charge in [-0.3, -0.25) is 0 Å². The summed E-state index contributed by atoms with van der Waals surface area (Å²) in [5.41, 5.74) is 0.571. The number of hydrogen-bond donors (Lipinski definition) is 0. The number of benzene rings is 1. The van der Waals surface area contributed by atoms with Crippen molar-refractivity contribution in [2.24, 2.45) is 0 Å². The van der Waals surface area contributed by atoms with Crippen molar-refractivity contribution in [3.8, 4) is 0 Å². The predicted octanol–water partition coefficient (Wildman–Crippen LogP) is 2.52. The molecule has 0 bridgehead atoms. The molecule has 2 aromatic rings. The first kappa shape index (κ1) is 15.5. The second kappa shape index (κ2) is 5.64. The molecule has 1 saturated heterocycles. The van der Waals surface area contributed by atoms with Crippen LogP contribution < -0.4 is 0 Å². The SMILES string of the molecule is Cc1noc([C@H]2CCN(S(=O)(=O)c3cccc(Cl)c3C)C2)n1. The van der Waals surface area contributed by atoms with Crippen LogP contribution in [0.2, 0.25) is 5.02 Å². The van der Waals surface area contributed by atoms with Crippen molar-refractivity contribution in [3.63, 3.8) is 0 Å². The van der Waals surface area contributed by atoms with E-state index in [0.717, 1.165) is 0 Å². The summed E-state index contributed by atoms with van der Waals surface area (Å²) >= 11 is 6.04. The first-order valence-corrected chi connectivity index (χ1v) is 8.77. The van der Waals surface area contributed by atoms with Crippen LogP contribution in [0.3, 0.4) is 0 Å². The lowest BCUT2D eigenvalue weighted by molar-refractivity contribution is 0.351. The maximum absolute atomic E-state index is 12.8. The third kappa shape index (κ3) is 2.64. The largest absolute Gasteiger partial charge is 0.339 e. The van der Waals surface area contributed by atoms with Crippen LogP contribution >= 0.6 is 11.6 Å². The minimum Gasteiger partial charge on any atom is -0.339 e. The van der Waals surface area contributed by atoms with Gasteiger partial charge in [-0.15, -0.1) is 0 Å². The van der Waals surface area contributed by atoms with E-state index in [9.17, 15) is 8.42 Å². The van der Waals surface area contributed by atoms with Crippen LogP contribution in [0.5, 0.6) is 0 Å². The van der Waals surface area contributed by atoms with Crippen molar-refractivity contribution in [1.29, 1.82) is 0 Å². The van der Waals surface area contributed by atoms with Crippen LogP contribution in [0, 0.1) is 13.8 Å². The van der Waals surface area contributed by atoms with Gasteiger partial charge in [-0.25, -0.2) is 8.42 Å². The van der Waals surface area contributed by atoms with E-state index in [1.54, 1.807) is 32.0 Å². The summed E-state index contributed by atoms with van der Waals surface area (Å²) in [6.45, 7) is 4.23. The van der Waals surface area contributed by atoms with Crippen LogP contribution in [-0.2, 0) is 10.0 Å². The van der Waals surface area contributed by atoms with Gasteiger partial charge in [-0.1, -0.05) is 22.8 Å². The minimum absolute atomic E-state index is 0.0598. The molecule has 1 aliphatic heterocycles. The summed E-state index contributed by atoms with van der Waals surface area (Å²) in [5, 5.41) is 4.21. The lowest BCUT2D eigenvalue weighted by atomic mass is 10.1. The van der Waals surface area contributed by atoms with Gasteiger partial charge in [0, 0.05) is 18.1 Å². The van der Waals surface area contributed by atoms with E-state index in [2.05, 4.69) is 10.1 Å². The average molecular weight is 342 g/mol. The third-order valence-corrected chi connectivity index (χ3v) is 6.30. The summed E-state index contributed by atoms with van der Waals surface area (Å²) in [4.78, 5) is 4.45. The van der Waals surface area contributed by atoms with Gasteiger partial charge in [-0.2, -0.15) is 9.29 Å². The van der Waals surface area contributed by atoms with Gasteiger partial charge >= 0.3 is 0 Å². The molecule has 6 nitrogen and oxygen atoms in total. The molecule has 0 radical (unpaired) electrons. The van der Waals surface area contributed by atoms with Crippen molar-refractivity contribution in [3.05, 3.63) is 40.5 Å². The topological polar surface area (TPSA) is 76.3 Å². The molecular weight excluding hydrogens is 326 g/mol. The fourth-order valence-corrected chi connectivity index (χ4v) is 4.61. The lowest BCUT2D eigenvalue weighted by Crippen LogP contribution is -2.29. The molecule has 3 rings (SSSR count). The van der Waals surface area contributed by atoms with Gasteiger partial charge in [0.15, 0.2) is 5.82 Å². The Balaban J connectivity index is 1.87. The molecule has 1 aromatic carbocycles. The van der Waals surface area contributed by atoms with Crippen LogP contribution in [0.1, 0.15) is 29.6 Å². The molecule has 0 saturated carbocycles. The highest BCUT2D eigenvalue weighted by molar-refractivity contribution is 7.89. The zero-order valence-electron chi connectivity index (χ0n) is 12.3. The second-order valence-electron chi connectivity index (χ2n) is 5.39. The number of sulfonamides is 1. The Morgan fingerprint density at radius 3 is 2.82 bits per heavy atom. The maximum Gasteiger partial charge on any atom is 0.243 e. The average Bonchev–Trinajstić information content (AvgIpc) is 3.10. The Kier molecular flexibility index (Phi) is 3.96. The minimum atomic E-state index is -3.57. The molecule has 2 heterocycles. The zero-order valence-corrected chi connectivity index (χ0v) is 13.9. The van der Waals surface area contributed by atoms with Gasteiger partial charge in [0.2, 0.25) is 15.9 Å². The van der Waals surface area contributed by atoms with E-state index in [-0.39, 0.29) is 10.8 Å². The van der Waals surface area contributed by atoms with Crippen molar-refractivity contribution in [1.82, 2.24) is 14.4 Å². The molecule has 0 amide bonds. The molecule has 0 aliphatic carbocycles. The molecule has 22 heavy (non-hydrogen) atoms. The van der Waals surface area contributed by atoms with E-state index >= 15 is 0 Å². The molecule has 1 fully saturated rings. The van der Waals surface area contributed by atoms with Crippen LogP contribution in [0.25, 0.3) is 0 Å². The monoisotopic (exact) mass is 341 g/mol. The zero-order chi connectivity index (χ0) is 15.9. The van der Waals surface area contributed by atoms with E-state index in [1.165, 1.54) is 4.31 Å². The molecule has 1 atom stereocenters. The summed E-state index contributed by atoms with van der Waals surface area (Å²) in [7, 11) is -3.57. The molecular formula is C14H16ClN3O3S. The molecule has 118 valence electrons. The van der Waals surface area contributed by atoms with Gasteiger partial charge < -0.3 is 4.52 Å². The first-order chi connectivity index (χ1) is 10.4. The number of hydrogen-bond acceptors (Lipinski definition) is 5. The Morgan fingerprint density at radius 2 is 2.14 bits per heavy atom. The summed E-state index contributed by atoms with van der Waals surface area (Å²) in [6, 6.07) is 4.92. The van der Waals surface area contributed by atoms with E-state index < -0.39 is 10.0 Å². The second-order valence-corrected chi connectivity index (χ2v) is 7.71. The normalized spacial score (nSPS) is 19.7. The molecule has 0 N–H and O–H groups in total. The van der Waals surface area contributed by atoms with Gasteiger partial charge in [-0.05, 0) is 38.0 Å². The lowest BCUT2D eigenvalue weighted by Gasteiger charge is -2.18. The summed E-state index contributed by atoms with van der Waals surface area (Å²) in [5.74, 6) is 0.996. The first-order valence-electron chi connectivity index (χ1n) is 6.95. The Labute approximate surface area is 134 Å². The Hall–Kier alpha value is -1.44. The predicted molar refractivity (Wildman–Crippen MR) is 81.3 cm³/mol. The third-order valence-electron chi connectivity index (χ3n) is 3.88. The molecule has 0 unspecified atom stereocenters. The highest BCUT2D eigenvalue weighted by Crippen LogP contribution is 2.32. The van der Waals surface area contributed by atoms with Gasteiger partial charge in [0.25, 0.3) is 0 Å². The fraction of sp³-hybridized carbons (Fsp3) is 0.429. The van der Waals surface area contributed by atoms with Crippen LogP contribution in [-0.4, -0.2) is 36.0 Å². The quantitative estimate of drug-likeness (QED) is 0.857. The van der Waals surface area contributed by atoms with Crippen molar-refractivity contribution in [2.45, 2.75) is 31.1 Å². The van der Waals surface area contributed by atoms with Crippen molar-refractivity contribution >= 4 is 21.6 Å². The number of halogens is 1. The number of aromatic nitrogens is 2. The molecule has 8 heteroatoms. The van der Waals surface area contributed by atoms with Gasteiger partial charge in [0.05, 0.1) is 10.8 Å². The Bertz CT molecular complexity index is 803. The smallest absolute Gasteiger partial charge is 0.243 e. The van der Waals surface area contributed by atoms with E-state index in [4.69, 9.17) is 16.1 Å². The maximum atomic E-state index is 12.8. The fourth-order valence-electron chi connectivity index (χ4n) is 2.63. The van der Waals surface area contributed by atoms with Crippen molar-refractivity contribution in [2.75, 3.05) is 13.1 Å². The van der Waals surface area contributed by atoms with Crippen LogP contribution in [0.4, 0.5) is 0 Å². The number of nitrogens with zero attached hydrogens (tertiary/aromatic N) is 3. The van der Waals surface area contributed by atoms with Crippen LogP contribution in [0.15, 0.2) is 27.6 Å². The summed E-state index contributed by atoms with van der Waals surface area (Å²) < 4.78 is 32.2. The Morgan fingerprint density at radius 1 is 1.36 bits per heavy atom. The van der Waals surface area contributed by atoms with E-state index in [0.29, 0.717) is 41.8 Å². The molecule has 1 aliphatic rings. The number of aryl methyl sites for hydroxylation is 1. The summed E-state index contributed by atoms with van der Waals surface area (Å²) in [6.07, 6.45) is 0.667. The van der Waals surface area contributed by atoms with Crippen molar-refractivity contribution < 1.29 is 12.9 Å². The van der Waals surface area contributed by atoms with E-state index in [1.807, 2.05) is 0 Å². The highest BCUT2D eigenvalue weighted by Gasteiger charge is 2.36. The molecule has 0 spiro atoms.